The lowest BCUT2D eigenvalue weighted by molar-refractivity contribution is 0.222. The van der Waals surface area contributed by atoms with Crippen LogP contribution in [-0.2, 0) is 0 Å². The molecule has 0 radical (unpaired) electrons. The summed E-state index contributed by atoms with van der Waals surface area (Å²) in [5.74, 6) is 0.919. The van der Waals surface area contributed by atoms with Crippen molar-refractivity contribution >= 4 is 0 Å². The molecule has 0 amide bonds. The maximum absolute atomic E-state index is 3.43. The summed E-state index contributed by atoms with van der Waals surface area (Å²) in [6, 6.07) is 0. The molecule has 88 valence electrons. The molecule has 15 heavy (non-hydrogen) atoms. The Hall–Kier alpha value is -0.340. The average molecular weight is 210 g/mol. The molecule has 0 aromatic heterocycles. The van der Waals surface area contributed by atoms with Crippen LogP contribution in [0.1, 0.15) is 33.1 Å². The summed E-state index contributed by atoms with van der Waals surface area (Å²) in [5, 5.41) is 3.43. The van der Waals surface area contributed by atoms with E-state index >= 15 is 0 Å². The molecule has 0 aromatic rings. The van der Waals surface area contributed by atoms with E-state index in [1.165, 1.54) is 45.4 Å². The molecule has 0 bridgehead atoms. The number of hydrogen-bond donors (Lipinski definition) is 1. The van der Waals surface area contributed by atoms with E-state index in [0.29, 0.717) is 0 Å². The van der Waals surface area contributed by atoms with Gasteiger partial charge >= 0.3 is 0 Å². The normalized spacial score (nSPS) is 19.1. The van der Waals surface area contributed by atoms with Gasteiger partial charge in [0.25, 0.3) is 0 Å². The van der Waals surface area contributed by atoms with E-state index in [4.69, 9.17) is 0 Å². The summed E-state index contributed by atoms with van der Waals surface area (Å²) in [6.07, 6.45) is 8.41. The first kappa shape index (κ1) is 12.7. The van der Waals surface area contributed by atoms with Crippen molar-refractivity contribution in [2.45, 2.75) is 33.1 Å². The lowest BCUT2D eigenvalue weighted by atomic mass is 9.97. The minimum Gasteiger partial charge on any atom is -0.317 e. The van der Waals surface area contributed by atoms with Crippen molar-refractivity contribution in [2.24, 2.45) is 5.92 Å². The monoisotopic (exact) mass is 210 g/mol. The van der Waals surface area contributed by atoms with Crippen LogP contribution in [0.5, 0.6) is 0 Å². The van der Waals surface area contributed by atoms with Crippen LogP contribution in [0.3, 0.4) is 0 Å². The predicted octanol–water partition coefficient (Wildman–Crippen LogP) is 2.27. The van der Waals surface area contributed by atoms with Crippen LogP contribution >= 0.6 is 0 Å². The molecular formula is C13H26N2. The molecular weight excluding hydrogens is 184 g/mol. The standard InChI is InChI=1S/C13H26N2/c1-3-5-11-15(10-4-2)12-13-6-8-14-9-7-13/h3,5,13-14H,4,6-12H2,1-2H3. The molecule has 1 rings (SSSR count). The molecule has 1 N–H and O–H groups in total. The molecule has 2 heteroatoms. The van der Waals surface area contributed by atoms with Crippen LogP contribution in [0.2, 0.25) is 0 Å². The molecule has 0 spiro atoms. The van der Waals surface area contributed by atoms with Gasteiger partial charge in [-0.2, -0.15) is 0 Å². The van der Waals surface area contributed by atoms with Crippen molar-refractivity contribution in [3.63, 3.8) is 0 Å². The van der Waals surface area contributed by atoms with Gasteiger partial charge in [0.2, 0.25) is 0 Å². The van der Waals surface area contributed by atoms with E-state index in [0.717, 1.165) is 12.5 Å². The second kappa shape index (κ2) is 7.89. The smallest absolute Gasteiger partial charge is 0.0163 e. The van der Waals surface area contributed by atoms with Gasteiger partial charge in [-0.1, -0.05) is 19.1 Å². The largest absolute Gasteiger partial charge is 0.317 e. The van der Waals surface area contributed by atoms with Gasteiger partial charge in [-0.05, 0) is 51.7 Å². The highest BCUT2D eigenvalue weighted by atomic mass is 15.1. The first-order valence-electron chi connectivity index (χ1n) is 6.41. The summed E-state index contributed by atoms with van der Waals surface area (Å²) < 4.78 is 0. The van der Waals surface area contributed by atoms with Crippen molar-refractivity contribution in [2.75, 3.05) is 32.7 Å². The number of allylic oxidation sites excluding steroid dienone is 1. The number of piperidine rings is 1. The fraction of sp³-hybridized carbons (Fsp3) is 0.846. The van der Waals surface area contributed by atoms with Crippen LogP contribution in [-0.4, -0.2) is 37.6 Å². The highest BCUT2D eigenvalue weighted by molar-refractivity contribution is 4.82. The van der Waals surface area contributed by atoms with E-state index in [2.05, 4.69) is 36.2 Å². The van der Waals surface area contributed by atoms with Gasteiger partial charge in [-0.25, -0.2) is 0 Å². The fourth-order valence-corrected chi connectivity index (χ4v) is 2.26. The van der Waals surface area contributed by atoms with Crippen molar-refractivity contribution < 1.29 is 0 Å². The van der Waals surface area contributed by atoms with E-state index in [1.54, 1.807) is 0 Å². The van der Waals surface area contributed by atoms with Crippen LogP contribution in [0.15, 0.2) is 12.2 Å². The zero-order valence-electron chi connectivity index (χ0n) is 10.3. The van der Waals surface area contributed by atoms with Gasteiger partial charge in [0, 0.05) is 13.1 Å². The Labute approximate surface area is 94.7 Å². The summed E-state index contributed by atoms with van der Waals surface area (Å²) in [7, 11) is 0. The Kier molecular flexibility index (Phi) is 6.69. The molecule has 0 aliphatic carbocycles. The van der Waals surface area contributed by atoms with Crippen LogP contribution in [0, 0.1) is 5.92 Å². The lowest BCUT2D eigenvalue weighted by Crippen LogP contribution is -2.36. The topological polar surface area (TPSA) is 15.3 Å². The van der Waals surface area contributed by atoms with Gasteiger partial charge in [-0.3, -0.25) is 4.90 Å². The highest BCUT2D eigenvalue weighted by Crippen LogP contribution is 2.13. The summed E-state index contributed by atoms with van der Waals surface area (Å²) in [5.41, 5.74) is 0. The van der Waals surface area contributed by atoms with Crippen molar-refractivity contribution in [3.8, 4) is 0 Å². The maximum atomic E-state index is 3.43. The Balaban J connectivity index is 2.27. The van der Waals surface area contributed by atoms with Crippen molar-refractivity contribution in [3.05, 3.63) is 12.2 Å². The molecule has 0 aromatic carbocycles. The zero-order valence-corrected chi connectivity index (χ0v) is 10.3. The van der Waals surface area contributed by atoms with Gasteiger partial charge in [-0.15, -0.1) is 0 Å². The third-order valence-electron chi connectivity index (χ3n) is 3.11. The van der Waals surface area contributed by atoms with Crippen LogP contribution in [0.25, 0.3) is 0 Å². The van der Waals surface area contributed by atoms with Gasteiger partial charge < -0.3 is 5.32 Å². The third-order valence-corrected chi connectivity index (χ3v) is 3.11. The highest BCUT2D eigenvalue weighted by Gasteiger charge is 2.15. The van der Waals surface area contributed by atoms with E-state index in [9.17, 15) is 0 Å². The maximum Gasteiger partial charge on any atom is 0.0163 e. The summed E-state index contributed by atoms with van der Waals surface area (Å²) in [6.45, 7) is 10.5. The molecule has 0 atom stereocenters. The minimum absolute atomic E-state index is 0.919. The molecule has 2 nitrogen and oxygen atoms in total. The SMILES string of the molecule is CC=CCN(CCC)CC1CCNCC1. The van der Waals surface area contributed by atoms with Gasteiger partial charge in [0.1, 0.15) is 0 Å². The lowest BCUT2D eigenvalue weighted by Gasteiger charge is -2.29. The Bertz CT molecular complexity index is 171. The molecule has 1 heterocycles. The number of hydrogen-bond acceptors (Lipinski definition) is 2. The Morgan fingerprint density at radius 1 is 1.33 bits per heavy atom. The quantitative estimate of drug-likeness (QED) is 0.677. The van der Waals surface area contributed by atoms with E-state index in [-0.39, 0.29) is 0 Å². The molecule has 1 saturated heterocycles. The van der Waals surface area contributed by atoms with Gasteiger partial charge in [0.05, 0.1) is 0 Å². The summed E-state index contributed by atoms with van der Waals surface area (Å²) in [4.78, 5) is 2.59. The van der Waals surface area contributed by atoms with E-state index in [1.807, 2.05) is 0 Å². The number of nitrogens with zero attached hydrogens (tertiary/aromatic N) is 1. The first-order chi connectivity index (χ1) is 7.36. The van der Waals surface area contributed by atoms with Gasteiger partial charge in [0.15, 0.2) is 0 Å². The molecule has 0 unspecified atom stereocenters. The Morgan fingerprint density at radius 3 is 2.67 bits per heavy atom. The summed E-state index contributed by atoms with van der Waals surface area (Å²) >= 11 is 0. The van der Waals surface area contributed by atoms with Crippen LogP contribution < -0.4 is 5.32 Å². The average Bonchev–Trinajstić information content (AvgIpc) is 2.28. The van der Waals surface area contributed by atoms with Crippen LogP contribution in [0.4, 0.5) is 0 Å². The molecule has 1 aliphatic heterocycles. The molecule has 0 saturated carbocycles. The predicted molar refractivity (Wildman–Crippen MR) is 67.1 cm³/mol. The first-order valence-corrected chi connectivity index (χ1v) is 6.41. The number of nitrogens with one attached hydrogen (secondary N) is 1. The minimum atomic E-state index is 0.919. The van der Waals surface area contributed by atoms with E-state index < -0.39 is 0 Å². The second-order valence-corrected chi connectivity index (χ2v) is 4.52. The second-order valence-electron chi connectivity index (χ2n) is 4.52. The Morgan fingerprint density at radius 2 is 2.07 bits per heavy atom. The zero-order chi connectivity index (χ0) is 10.9. The molecule has 1 fully saturated rings. The van der Waals surface area contributed by atoms with Crippen molar-refractivity contribution in [1.82, 2.24) is 10.2 Å². The molecule has 1 aliphatic rings. The van der Waals surface area contributed by atoms with Crippen molar-refractivity contribution in [1.29, 1.82) is 0 Å². The number of rotatable bonds is 6. The third kappa shape index (κ3) is 5.33. The fourth-order valence-electron chi connectivity index (χ4n) is 2.26.